The zero-order valence-corrected chi connectivity index (χ0v) is 17.0. The highest BCUT2D eigenvalue weighted by atomic mass is 16.3. The van der Waals surface area contributed by atoms with Crippen molar-refractivity contribution in [3.63, 3.8) is 0 Å². The van der Waals surface area contributed by atoms with Crippen LogP contribution >= 0.6 is 0 Å². The molecule has 2 aromatic rings. The lowest BCUT2D eigenvalue weighted by Gasteiger charge is -2.37. The number of anilines is 1. The molecule has 2 aliphatic rings. The number of likely N-dealkylation sites (tertiary alicyclic amines) is 1. The molecule has 0 saturated carbocycles. The van der Waals surface area contributed by atoms with Crippen LogP contribution in [0, 0.1) is 5.92 Å². The molecule has 0 spiro atoms. The minimum Gasteiger partial charge on any atom is -0.395 e. The van der Waals surface area contributed by atoms with Crippen molar-refractivity contribution in [2.24, 2.45) is 5.92 Å². The number of benzene rings is 1. The Morgan fingerprint density at radius 3 is 2.69 bits per heavy atom. The zero-order chi connectivity index (χ0) is 20.4. The quantitative estimate of drug-likeness (QED) is 0.783. The van der Waals surface area contributed by atoms with Crippen molar-refractivity contribution in [3.8, 4) is 0 Å². The summed E-state index contributed by atoms with van der Waals surface area (Å²) in [6.07, 6.45) is 2.61. The maximum atomic E-state index is 12.4. The summed E-state index contributed by atoms with van der Waals surface area (Å²) in [7, 11) is 0. The number of carbonyl (C=O) groups excluding carboxylic acids is 1. The molecule has 29 heavy (non-hydrogen) atoms. The number of aliphatic hydroxyl groups excluding tert-OH is 1. The second-order valence-electron chi connectivity index (χ2n) is 8.08. The van der Waals surface area contributed by atoms with Crippen molar-refractivity contribution in [1.29, 1.82) is 0 Å². The van der Waals surface area contributed by atoms with E-state index in [0.29, 0.717) is 16.8 Å². The number of amides is 1. The third-order valence-electron chi connectivity index (χ3n) is 6.13. The van der Waals surface area contributed by atoms with E-state index in [-0.39, 0.29) is 24.6 Å². The average Bonchev–Trinajstić information content (AvgIpc) is 3.19. The zero-order valence-electron chi connectivity index (χ0n) is 17.0. The molecule has 2 fully saturated rings. The van der Waals surface area contributed by atoms with Gasteiger partial charge in [-0.15, -0.1) is 0 Å². The second-order valence-corrected chi connectivity index (χ2v) is 8.08. The molecule has 1 atom stereocenters. The number of rotatable bonds is 5. The lowest BCUT2D eigenvalue weighted by atomic mass is 10.1. The van der Waals surface area contributed by atoms with Gasteiger partial charge in [-0.1, -0.05) is 0 Å². The number of aliphatic hydroxyl groups is 1. The van der Waals surface area contributed by atoms with Crippen molar-refractivity contribution in [2.75, 3.05) is 57.3 Å². The molecule has 0 bridgehead atoms. The van der Waals surface area contributed by atoms with E-state index in [1.165, 1.54) is 10.9 Å². The Balaban J connectivity index is 1.37. The highest BCUT2D eigenvalue weighted by Crippen LogP contribution is 2.22. The van der Waals surface area contributed by atoms with E-state index >= 15 is 0 Å². The first-order valence-corrected chi connectivity index (χ1v) is 10.4. The molecule has 2 saturated heterocycles. The fourth-order valence-electron chi connectivity index (χ4n) is 4.43. The normalized spacial score (nSPS) is 20.6. The van der Waals surface area contributed by atoms with E-state index in [0.717, 1.165) is 57.9 Å². The Morgan fingerprint density at radius 2 is 2.00 bits per heavy atom. The van der Waals surface area contributed by atoms with Gasteiger partial charge >= 0.3 is 0 Å². The predicted molar refractivity (Wildman–Crippen MR) is 112 cm³/mol. The summed E-state index contributed by atoms with van der Waals surface area (Å²) in [5.41, 5.74) is 1.67. The van der Waals surface area contributed by atoms with Crippen LogP contribution in [0.5, 0.6) is 0 Å². The van der Waals surface area contributed by atoms with Gasteiger partial charge in [0, 0.05) is 58.4 Å². The van der Waals surface area contributed by atoms with Gasteiger partial charge in [0.25, 0.3) is 5.56 Å². The van der Waals surface area contributed by atoms with Crippen LogP contribution in [-0.4, -0.2) is 82.8 Å². The number of piperazine rings is 1. The van der Waals surface area contributed by atoms with Crippen molar-refractivity contribution in [1.82, 2.24) is 19.4 Å². The number of hydrogen-bond donors (Lipinski definition) is 1. The monoisotopic (exact) mass is 399 g/mol. The van der Waals surface area contributed by atoms with E-state index in [1.54, 1.807) is 6.92 Å². The largest absolute Gasteiger partial charge is 0.395 e. The van der Waals surface area contributed by atoms with E-state index in [2.05, 4.69) is 14.8 Å². The minimum atomic E-state index is -0.114. The van der Waals surface area contributed by atoms with Crippen LogP contribution in [0.15, 0.2) is 29.3 Å². The van der Waals surface area contributed by atoms with E-state index in [9.17, 15) is 9.59 Å². The fraction of sp³-hybridized carbons (Fsp3) is 0.571. The molecule has 0 aliphatic carbocycles. The molecule has 156 valence electrons. The summed E-state index contributed by atoms with van der Waals surface area (Å²) in [4.78, 5) is 35.2. The van der Waals surface area contributed by atoms with Crippen LogP contribution in [0.1, 0.15) is 13.3 Å². The van der Waals surface area contributed by atoms with Gasteiger partial charge in [0.05, 0.1) is 30.4 Å². The molecule has 4 rings (SSSR count). The number of carbonyl (C=O) groups is 1. The number of nitrogens with zero attached hydrogens (tertiary/aromatic N) is 5. The van der Waals surface area contributed by atoms with Gasteiger partial charge in [0.15, 0.2) is 0 Å². The topological polar surface area (TPSA) is 81.9 Å². The minimum absolute atomic E-state index is 0.0803. The highest BCUT2D eigenvalue weighted by Gasteiger charge is 2.27. The molecule has 3 heterocycles. The van der Waals surface area contributed by atoms with E-state index in [1.807, 2.05) is 23.1 Å². The summed E-state index contributed by atoms with van der Waals surface area (Å²) in [6, 6.07) is 5.82. The van der Waals surface area contributed by atoms with Crippen LogP contribution < -0.4 is 10.5 Å². The SMILES string of the molecule is CC(=O)N1CCC(CN2CCN(c3ccc4c(=O)n(CCO)cnc4c3)CC2)C1. The van der Waals surface area contributed by atoms with Gasteiger partial charge in [-0.25, -0.2) is 4.98 Å². The van der Waals surface area contributed by atoms with Gasteiger partial charge < -0.3 is 14.9 Å². The smallest absolute Gasteiger partial charge is 0.261 e. The maximum Gasteiger partial charge on any atom is 0.261 e. The van der Waals surface area contributed by atoms with Crippen LogP contribution in [0.2, 0.25) is 0 Å². The van der Waals surface area contributed by atoms with Crippen LogP contribution in [0.25, 0.3) is 10.9 Å². The molecule has 1 N–H and O–H groups in total. The summed E-state index contributed by atoms with van der Waals surface area (Å²) in [6.45, 7) is 8.55. The molecule has 1 aromatic carbocycles. The summed E-state index contributed by atoms with van der Waals surface area (Å²) in [5.74, 6) is 0.766. The van der Waals surface area contributed by atoms with Gasteiger partial charge in [-0.05, 0) is 30.5 Å². The average molecular weight is 399 g/mol. The number of fused-ring (bicyclic) bond motifs is 1. The highest BCUT2D eigenvalue weighted by molar-refractivity contribution is 5.81. The predicted octanol–water partition coefficient (Wildman–Crippen LogP) is 0.379. The third kappa shape index (κ3) is 4.28. The molecule has 2 aliphatic heterocycles. The molecule has 1 aromatic heterocycles. The Hall–Kier alpha value is -2.45. The maximum absolute atomic E-state index is 12.4. The van der Waals surface area contributed by atoms with Crippen LogP contribution in [0.4, 0.5) is 5.69 Å². The molecule has 8 heteroatoms. The van der Waals surface area contributed by atoms with E-state index in [4.69, 9.17) is 5.11 Å². The molecular weight excluding hydrogens is 370 g/mol. The first kappa shape index (κ1) is 19.8. The first-order chi connectivity index (χ1) is 14.0. The molecule has 0 radical (unpaired) electrons. The number of aromatic nitrogens is 2. The Bertz CT molecular complexity index is 936. The van der Waals surface area contributed by atoms with E-state index < -0.39 is 0 Å². The van der Waals surface area contributed by atoms with Crippen molar-refractivity contribution >= 4 is 22.5 Å². The first-order valence-electron chi connectivity index (χ1n) is 10.4. The lowest BCUT2D eigenvalue weighted by molar-refractivity contribution is -0.127. The standard InChI is InChI=1S/C21H29N5O3/c1-16(28)25-5-4-17(14-25)13-23-6-8-24(9-7-23)18-2-3-19-20(12-18)22-15-26(10-11-27)21(19)29/h2-3,12,15,17,27H,4-11,13-14H2,1H3. The second kappa shape index (κ2) is 8.51. The van der Waals surface area contributed by atoms with Crippen LogP contribution in [-0.2, 0) is 11.3 Å². The van der Waals surface area contributed by atoms with Gasteiger partial charge in [0.2, 0.25) is 5.91 Å². The molecule has 1 unspecified atom stereocenters. The molecule has 8 nitrogen and oxygen atoms in total. The Morgan fingerprint density at radius 1 is 1.21 bits per heavy atom. The lowest BCUT2D eigenvalue weighted by Crippen LogP contribution is -2.48. The fourth-order valence-corrected chi connectivity index (χ4v) is 4.43. The summed E-state index contributed by atoms with van der Waals surface area (Å²) < 4.78 is 1.44. The van der Waals surface area contributed by atoms with Gasteiger partial charge in [0.1, 0.15) is 0 Å². The Kier molecular flexibility index (Phi) is 5.82. The van der Waals surface area contributed by atoms with Crippen molar-refractivity contribution < 1.29 is 9.90 Å². The summed E-state index contributed by atoms with van der Waals surface area (Å²) >= 11 is 0. The third-order valence-corrected chi connectivity index (χ3v) is 6.13. The number of hydrogen-bond acceptors (Lipinski definition) is 6. The molecule has 1 amide bonds. The Labute approximate surface area is 170 Å². The summed E-state index contributed by atoms with van der Waals surface area (Å²) in [5, 5.41) is 9.65. The van der Waals surface area contributed by atoms with Gasteiger partial charge in [-0.3, -0.25) is 19.1 Å². The molecular formula is C21H29N5O3. The van der Waals surface area contributed by atoms with Crippen molar-refractivity contribution in [2.45, 2.75) is 19.9 Å². The van der Waals surface area contributed by atoms with Gasteiger partial charge in [-0.2, -0.15) is 0 Å². The van der Waals surface area contributed by atoms with Crippen LogP contribution in [0.3, 0.4) is 0 Å². The van der Waals surface area contributed by atoms with Crippen molar-refractivity contribution in [3.05, 3.63) is 34.9 Å².